The van der Waals surface area contributed by atoms with Crippen molar-refractivity contribution < 1.29 is 9.53 Å². The second-order valence-corrected chi connectivity index (χ2v) is 6.02. The minimum absolute atomic E-state index is 0.274. The highest BCUT2D eigenvalue weighted by atomic mass is 16.5. The van der Waals surface area contributed by atoms with Crippen LogP contribution in [0, 0.1) is 13.8 Å². The van der Waals surface area contributed by atoms with Crippen LogP contribution in [0.3, 0.4) is 0 Å². The highest BCUT2D eigenvalue weighted by Crippen LogP contribution is 2.23. The van der Waals surface area contributed by atoms with E-state index in [0.717, 1.165) is 17.7 Å². The van der Waals surface area contributed by atoms with E-state index in [4.69, 9.17) is 4.74 Å². The molecule has 0 bridgehead atoms. The third kappa shape index (κ3) is 3.41. The zero-order valence-electron chi connectivity index (χ0n) is 14.1. The Bertz CT molecular complexity index is 651. The Kier molecular flexibility index (Phi) is 5.07. The Morgan fingerprint density at radius 2 is 1.82 bits per heavy atom. The lowest BCUT2D eigenvalue weighted by Gasteiger charge is -2.08. The van der Waals surface area contributed by atoms with E-state index in [0.29, 0.717) is 18.2 Å². The van der Waals surface area contributed by atoms with Crippen LogP contribution in [0.5, 0.6) is 0 Å². The van der Waals surface area contributed by atoms with Crippen molar-refractivity contribution in [3.05, 3.63) is 57.9 Å². The summed E-state index contributed by atoms with van der Waals surface area (Å²) in [4.78, 5) is 15.1. The molecule has 0 aliphatic heterocycles. The fraction of sp³-hybridized carbons (Fsp3) is 0.421. The van der Waals surface area contributed by atoms with E-state index in [-0.39, 0.29) is 5.97 Å². The first-order valence-corrected chi connectivity index (χ1v) is 7.88. The molecule has 1 heterocycles. The maximum absolute atomic E-state index is 11.9. The maximum Gasteiger partial charge on any atom is 0.355 e. The number of carbonyl (C=O) groups is 1. The lowest BCUT2D eigenvalue weighted by atomic mass is 9.97. The number of hydrogen-bond acceptors (Lipinski definition) is 2. The number of H-pyrrole nitrogens is 1. The summed E-state index contributed by atoms with van der Waals surface area (Å²) < 4.78 is 5.10. The number of aryl methyl sites for hydroxylation is 1. The monoisotopic (exact) mass is 299 g/mol. The average molecular weight is 299 g/mol. The van der Waals surface area contributed by atoms with Gasteiger partial charge in [-0.1, -0.05) is 38.1 Å². The van der Waals surface area contributed by atoms with E-state index >= 15 is 0 Å². The molecule has 0 atom stereocenters. The van der Waals surface area contributed by atoms with Crippen LogP contribution in [0.1, 0.15) is 65.1 Å². The molecular weight excluding hydrogens is 274 g/mol. The van der Waals surface area contributed by atoms with Gasteiger partial charge in [0.15, 0.2) is 0 Å². The van der Waals surface area contributed by atoms with Gasteiger partial charge in [-0.25, -0.2) is 4.79 Å². The molecule has 2 aromatic rings. The third-order valence-electron chi connectivity index (χ3n) is 4.10. The van der Waals surface area contributed by atoms with Gasteiger partial charge in [-0.2, -0.15) is 0 Å². The normalized spacial score (nSPS) is 11.0. The maximum atomic E-state index is 11.9. The van der Waals surface area contributed by atoms with E-state index in [2.05, 4.69) is 43.1 Å². The molecular formula is C19H25NO2. The Balaban J connectivity index is 2.24. The molecule has 0 unspecified atom stereocenters. The van der Waals surface area contributed by atoms with Crippen molar-refractivity contribution in [3.63, 3.8) is 0 Å². The highest BCUT2D eigenvalue weighted by Gasteiger charge is 2.18. The molecule has 0 aliphatic carbocycles. The molecule has 0 saturated heterocycles. The lowest BCUT2D eigenvalue weighted by molar-refractivity contribution is 0.0519. The molecule has 0 fully saturated rings. The van der Waals surface area contributed by atoms with Crippen LogP contribution >= 0.6 is 0 Å². The van der Waals surface area contributed by atoms with Crippen LogP contribution in [-0.2, 0) is 11.2 Å². The predicted molar refractivity (Wildman–Crippen MR) is 89.6 cm³/mol. The Labute approximate surface area is 132 Å². The van der Waals surface area contributed by atoms with Crippen molar-refractivity contribution in [1.29, 1.82) is 0 Å². The van der Waals surface area contributed by atoms with Gasteiger partial charge in [0.05, 0.1) is 6.61 Å². The highest BCUT2D eigenvalue weighted by molar-refractivity contribution is 5.89. The van der Waals surface area contributed by atoms with Gasteiger partial charge in [0, 0.05) is 5.69 Å². The number of nitrogens with one attached hydrogen (secondary N) is 1. The topological polar surface area (TPSA) is 42.1 Å². The summed E-state index contributed by atoms with van der Waals surface area (Å²) >= 11 is 0. The van der Waals surface area contributed by atoms with Crippen LogP contribution in [0.4, 0.5) is 0 Å². The molecule has 0 aliphatic rings. The summed E-state index contributed by atoms with van der Waals surface area (Å²) in [6.07, 6.45) is 0.825. The second kappa shape index (κ2) is 6.82. The molecule has 0 spiro atoms. The number of aromatic nitrogens is 1. The second-order valence-electron chi connectivity index (χ2n) is 6.02. The number of hydrogen-bond donors (Lipinski definition) is 1. The van der Waals surface area contributed by atoms with Crippen molar-refractivity contribution in [1.82, 2.24) is 4.98 Å². The molecule has 0 radical (unpaired) electrons. The molecule has 118 valence electrons. The SMILES string of the molecule is CCOC(=O)c1[nH]c(C)c(Cc2ccc(C(C)C)cc2)c1C. The molecule has 0 amide bonds. The van der Waals surface area contributed by atoms with Gasteiger partial charge in [-0.3, -0.25) is 0 Å². The first-order chi connectivity index (χ1) is 10.4. The van der Waals surface area contributed by atoms with Gasteiger partial charge in [-0.15, -0.1) is 0 Å². The van der Waals surface area contributed by atoms with Crippen molar-refractivity contribution in [2.24, 2.45) is 0 Å². The molecule has 2 rings (SSSR count). The Hall–Kier alpha value is -2.03. The van der Waals surface area contributed by atoms with E-state index < -0.39 is 0 Å². The zero-order chi connectivity index (χ0) is 16.3. The number of aromatic amines is 1. The first-order valence-electron chi connectivity index (χ1n) is 7.88. The lowest BCUT2D eigenvalue weighted by Crippen LogP contribution is -2.06. The van der Waals surface area contributed by atoms with E-state index in [1.54, 1.807) is 0 Å². The number of esters is 1. The molecule has 1 aromatic carbocycles. The van der Waals surface area contributed by atoms with Gasteiger partial charge < -0.3 is 9.72 Å². The van der Waals surface area contributed by atoms with Crippen molar-refractivity contribution >= 4 is 5.97 Å². The Morgan fingerprint density at radius 3 is 2.36 bits per heavy atom. The molecule has 3 nitrogen and oxygen atoms in total. The largest absolute Gasteiger partial charge is 0.461 e. The van der Waals surface area contributed by atoms with Gasteiger partial charge in [0.2, 0.25) is 0 Å². The summed E-state index contributed by atoms with van der Waals surface area (Å²) in [6, 6.07) is 8.71. The van der Waals surface area contributed by atoms with Crippen molar-refractivity contribution in [3.8, 4) is 0 Å². The van der Waals surface area contributed by atoms with Crippen LogP contribution in [0.2, 0.25) is 0 Å². The Morgan fingerprint density at radius 1 is 1.18 bits per heavy atom. The number of carbonyl (C=O) groups excluding carboxylic acids is 1. The zero-order valence-corrected chi connectivity index (χ0v) is 14.1. The molecule has 1 N–H and O–H groups in total. The number of ether oxygens (including phenoxy) is 1. The van der Waals surface area contributed by atoms with E-state index in [1.807, 2.05) is 20.8 Å². The smallest absolute Gasteiger partial charge is 0.355 e. The summed E-state index contributed by atoms with van der Waals surface area (Å²) in [5.74, 6) is 0.268. The van der Waals surface area contributed by atoms with Gasteiger partial charge in [-0.05, 0) is 55.4 Å². The third-order valence-corrected chi connectivity index (χ3v) is 4.10. The molecule has 3 heteroatoms. The van der Waals surface area contributed by atoms with E-state index in [1.165, 1.54) is 16.7 Å². The van der Waals surface area contributed by atoms with Crippen LogP contribution in [0.25, 0.3) is 0 Å². The summed E-state index contributed by atoms with van der Waals surface area (Å²) in [6.45, 7) is 10.6. The van der Waals surface area contributed by atoms with Crippen LogP contribution in [-0.4, -0.2) is 17.6 Å². The summed E-state index contributed by atoms with van der Waals surface area (Å²) in [5.41, 5.74) is 6.38. The summed E-state index contributed by atoms with van der Waals surface area (Å²) in [5, 5.41) is 0. The standard InChI is InChI=1S/C19H25NO2/c1-6-22-19(21)18-13(4)17(14(5)20-18)11-15-7-9-16(10-8-15)12(2)3/h7-10,12,20H,6,11H2,1-5H3. The fourth-order valence-corrected chi connectivity index (χ4v) is 2.69. The van der Waals surface area contributed by atoms with Crippen molar-refractivity contribution in [2.45, 2.75) is 47.0 Å². The summed E-state index contributed by atoms with van der Waals surface area (Å²) in [7, 11) is 0. The fourth-order valence-electron chi connectivity index (χ4n) is 2.69. The van der Waals surface area contributed by atoms with Crippen LogP contribution < -0.4 is 0 Å². The van der Waals surface area contributed by atoms with Crippen molar-refractivity contribution in [2.75, 3.05) is 6.61 Å². The minimum Gasteiger partial charge on any atom is -0.461 e. The number of benzene rings is 1. The van der Waals surface area contributed by atoms with Gasteiger partial charge in [0.1, 0.15) is 5.69 Å². The molecule has 1 aromatic heterocycles. The average Bonchev–Trinajstić information content (AvgIpc) is 2.76. The van der Waals surface area contributed by atoms with Crippen LogP contribution in [0.15, 0.2) is 24.3 Å². The van der Waals surface area contributed by atoms with E-state index in [9.17, 15) is 4.79 Å². The molecule has 22 heavy (non-hydrogen) atoms. The van der Waals surface area contributed by atoms with Gasteiger partial charge >= 0.3 is 5.97 Å². The first kappa shape index (κ1) is 16.3. The molecule has 0 saturated carbocycles. The van der Waals surface area contributed by atoms with Gasteiger partial charge in [0.25, 0.3) is 0 Å². The quantitative estimate of drug-likeness (QED) is 0.825. The predicted octanol–water partition coefficient (Wildman–Crippen LogP) is 4.52. The number of rotatable bonds is 5. The minimum atomic E-state index is -0.274.